The maximum absolute atomic E-state index is 13.4. The van der Waals surface area contributed by atoms with Crippen LogP contribution in [0.15, 0.2) is 24.5 Å². The van der Waals surface area contributed by atoms with E-state index in [2.05, 4.69) is 25.7 Å². The number of aryl methyl sites for hydroxylation is 1. The van der Waals surface area contributed by atoms with Crippen LogP contribution in [0, 0.1) is 24.4 Å². The lowest BCUT2D eigenvalue weighted by molar-refractivity contribution is -0.122. The molecule has 12 heteroatoms. The molecule has 0 spiro atoms. The molecule has 2 N–H and O–H groups in total. The van der Waals surface area contributed by atoms with Crippen LogP contribution in [0.25, 0.3) is 0 Å². The Morgan fingerprint density at radius 2 is 1.88 bits per heavy atom. The first kappa shape index (κ1) is 23.5. The Labute approximate surface area is 194 Å². The smallest absolute Gasteiger partial charge is 0.252 e. The highest BCUT2D eigenvalue weighted by molar-refractivity contribution is 6.06. The van der Waals surface area contributed by atoms with E-state index in [1.54, 1.807) is 38.2 Å². The van der Waals surface area contributed by atoms with E-state index in [0.29, 0.717) is 29.7 Å². The Kier molecular flexibility index (Phi) is 6.17. The van der Waals surface area contributed by atoms with Gasteiger partial charge in [0, 0.05) is 32.5 Å². The van der Waals surface area contributed by atoms with Gasteiger partial charge in [0.15, 0.2) is 23.3 Å². The second-order valence-corrected chi connectivity index (χ2v) is 8.32. The third kappa shape index (κ3) is 4.28. The number of nitrogens with one attached hydrogen (secondary N) is 2. The van der Waals surface area contributed by atoms with E-state index in [0.717, 1.165) is 17.7 Å². The SMILES string of the molecule is COC[C@]1(C)C(=O)Nc2c(C)nc(NCc3cnn(Cc4cc(F)c(F)c(F)c4)c3)nc2N1C. The van der Waals surface area contributed by atoms with Gasteiger partial charge in [-0.2, -0.15) is 10.1 Å². The molecule has 1 amide bonds. The third-order valence-electron chi connectivity index (χ3n) is 5.81. The van der Waals surface area contributed by atoms with Crippen LogP contribution in [0.5, 0.6) is 0 Å². The number of likely N-dealkylation sites (N-methyl/N-ethyl adjacent to an activating group) is 1. The highest BCUT2D eigenvalue weighted by atomic mass is 19.2. The Bertz CT molecular complexity index is 1230. The van der Waals surface area contributed by atoms with Gasteiger partial charge in [0.05, 0.1) is 25.0 Å². The van der Waals surface area contributed by atoms with Crippen LogP contribution >= 0.6 is 0 Å². The molecular formula is C22H24F3N7O2. The Morgan fingerprint density at radius 1 is 1.18 bits per heavy atom. The first-order valence-electron chi connectivity index (χ1n) is 10.4. The zero-order valence-corrected chi connectivity index (χ0v) is 19.1. The number of hydrogen-bond donors (Lipinski definition) is 2. The lowest BCUT2D eigenvalue weighted by Crippen LogP contribution is -2.59. The predicted octanol–water partition coefficient (Wildman–Crippen LogP) is 2.85. The fraction of sp³-hybridized carbons (Fsp3) is 0.364. The van der Waals surface area contributed by atoms with Gasteiger partial charge in [-0.05, 0) is 31.5 Å². The molecule has 4 rings (SSSR count). The summed E-state index contributed by atoms with van der Waals surface area (Å²) in [6.07, 6.45) is 3.29. The van der Waals surface area contributed by atoms with Crippen molar-refractivity contribution in [3.63, 3.8) is 0 Å². The maximum Gasteiger partial charge on any atom is 0.252 e. The van der Waals surface area contributed by atoms with Gasteiger partial charge in [0.1, 0.15) is 11.2 Å². The zero-order valence-electron chi connectivity index (χ0n) is 19.1. The van der Waals surface area contributed by atoms with Crippen LogP contribution in [-0.2, 0) is 22.6 Å². The van der Waals surface area contributed by atoms with Crippen LogP contribution in [0.1, 0.15) is 23.7 Å². The number of hydrogen-bond acceptors (Lipinski definition) is 7. The summed E-state index contributed by atoms with van der Waals surface area (Å²) >= 11 is 0. The van der Waals surface area contributed by atoms with Crippen molar-refractivity contribution >= 4 is 23.4 Å². The summed E-state index contributed by atoms with van der Waals surface area (Å²) in [5.41, 5.74) is 1.23. The second kappa shape index (κ2) is 8.93. The highest BCUT2D eigenvalue weighted by Gasteiger charge is 2.44. The summed E-state index contributed by atoms with van der Waals surface area (Å²) in [5, 5.41) is 10.2. The number of anilines is 3. The molecule has 3 heterocycles. The summed E-state index contributed by atoms with van der Waals surface area (Å²) in [6, 6.07) is 1.88. The molecule has 0 bridgehead atoms. The second-order valence-electron chi connectivity index (χ2n) is 8.32. The molecule has 0 fully saturated rings. The van der Waals surface area contributed by atoms with Crippen molar-refractivity contribution in [1.29, 1.82) is 0 Å². The minimum absolute atomic E-state index is 0.0746. The topological polar surface area (TPSA) is 97.2 Å². The number of carbonyl (C=O) groups excluding carboxylic acids is 1. The molecule has 1 aliphatic heterocycles. The molecule has 34 heavy (non-hydrogen) atoms. The average Bonchev–Trinajstić information content (AvgIpc) is 3.23. The van der Waals surface area contributed by atoms with Gasteiger partial charge in [-0.1, -0.05) is 0 Å². The number of methoxy groups -OCH3 is 1. The molecule has 0 saturated heterocycles. The Balaban J connectivity index is 1.48. The van der Waals surface area contributed by atoms with Crippen LogP contribution < -0.4 is 15.5 Å². The molecule has 1 atom stereocenters. The largest absolute Gasteiger partial charge is 0.382 e. The molecular weight excluding hydrogens is 451 g/mol. The molecule has 1 aromatic carbocycles. The number of fused-ring (bicyclic) bond motifs is 1. The highest BCUT2D eigenvalue weighted by Crippen LogP contribution is 2.36. The molecule has 1 aliphatic rings. The Morgan fingerprint density at radius 3 is 2.56 bits per heavy atom. The van der Waals surface area contributed by atoms with Gasteiger partial charge in [-0.25, -0.2) is 18.2 Å². The maximum atomic E-state index is 13.4. The van der Waals surface area contributed by atoms with Crippen molar-refractivity contribution in [2.75, 3.05) is 36.3 Å². The number of benzene rings is 1. The molecule has 0 unspecified atom stereocenters. The monoisotopic (exact) mass is 475 g/mol. The van der Waals surface area contributed by atoms with Gasteiger partial charge in [0.2, 0.25) is 5.95 Å². The number of halogens is 3. The lowest BCUT2D eigenvalue weighted by Gasteiger charge is -2.42. The Hall–Kier alpha value is -3.67. The molecule has 0 aliphatic carbocycles. The standard InChI is InChI=1S/C22H24F3N7O2/c1-12-18-19(31(3)22(2,11-34-4)20(33)29-18)30-21(28-12)26-7-14-8-27-32(10-14)9-13-5-15(23)17(25)16(24)6-13/h5-6,8,10H,7,9,11H2,1-4H3,(H,29,33)(H,26,28,30)/t22-/m1/s1. The minimum atomic E-state index is -1.50. The first-order valence-corrected chi connectivity index (χ1v) is 10.4. The van der Waals surface area contributed by atoms with Gasteiger partial charge in [-0.15, -0.1) is 0 Å². The first-order chi connectivity index (χ1) is 16.1. The fourth-order valence-electron chi connectivity index (χ4n) is 3.76. The quantitative estimate of drug-likeness (QED) is 0.507. The summed E-state index contributed by atoms with van der Waals surface area (Å²) in [4.78, 5) is 23.4. The van der Waals surface area contributed by atoms with E-state index in [4.69, 9.17) is 4.74 Å². The summed E-state index contributed by atoms with van der Waals surface area (Å²) < 4.78 is 46.8. The molecule has 3 aromatic rings. The number of ether oxygens (including phenoxy) is 1. The van der Waals surface area contributed by atoms with Crippen LogP contribution in [0.2, 0.25) is 0 Å². The van der Waals surface area contributed by atoms with E-state index in [1.165, 1.54) is 11.8 Å². The number of aromatic nitrogens is 4. The van der Waals surface area contributed by atoms with Gasteiger partial charge in [0.25, 0.3) is 5.91 Å². The van der Waals surface area contributed by atoms with E-state index in [9.17, 15) is 18.0 Å². The van der Waals surface area contributed by atoms with Crippen LogP contribution in [0.4, 0.5) is 30.6 Å². The zero-order chi connectivity index (χ0) is 24.6. The number of nitrogens with zero attached hydrogens (tertiary/aromatic N) is 5. The number of amides is 1. The van der Waals surface area contributed by atoms with Crippen molar-refractivity contribution in [2.24, 2.45) is 0 Å². The van der Waals surface area contributed by atoms with Gasteiger partial charge >= 0.3 is 0 Å². The van der Waals surface area contributed by atoms with Gasteiger partial charge in [-0.3, -0.25) is 9.48 Å². The van der Waals surface area contributed by atoms with Crippen molar-refractivity contribution in [3.05, 3.63) is 58.8 Å². The van der Waals surface area contributed by atoms with Crippen molar-refractivity contribution in [3.8, 4) is 0 Å². The summed E-state index contributed by atoms with van der Waals surface area (Å²) in [6.45, 7) is 4.13. The molecule has 2 aromatic heterocycles. The summed E-state index contributed by atoms with van der Waals surface area (Å²) in [5.74, 6) is -3.27. The minimum Gasteiger partial charge on any atom is -0.382 e. The molecule has 0 radical (unpaired) electrons. The fourth-order valence-corrected chi connectivity index (χ4v) is 3.76. The number of rotatable bonds is 7. The van der Waals surface area contributed by atoms with Crippen molar-refractivity contribution in [1.82, 2.24) is 19.7 Å². The van der Waals surface area contributed by atoms with E-state index in [1.807, 2.05) is 0 Å². The average molecular weight is 475 g/mol. The predicted molar refractivity (Wildman–Crippen MR) is 119 cm³/mol. The molecule has 0 saturated carbocycles. The normalized spacial score (nSPS) is 17.5. The number of carbonyl (C=O) groups is 1. The van der Waals surface area contributed by atoms with Crippen LogP contribution in [0.3, 0.4) is 0 Å². The summed E-state index contributed by atoms with van der Waals surface area (Å²) in [7, 11) is 3.31. The molecule has 9 nitrogen and oxygen atoms in total. The lowest BCUT2D eigenvalue weighted by atomic mass is 9.97. The molecule has 180 valence electrons. The third-order valence-corrected chi connectivity index (χ3v) is 5.81. The van der Waals surface area contributed by atoms with Crippen molar-refractivity contribution < 1.29 is 22.7 Å². The van der Waals surface area contributed by atoms with Crippen LogP contribution in [-0.4, -0.2) is 52.0 Å². The van der Waals surface area contributed by atoms with E-state index >= 15 is 0 Å². The van der Waals surface area contributed by atoms with E-state index < -0.39 is 23.0 Å². The van der Waals surface area contributed by atoms with E-state index in [-0.39, 0.29) is 24.6 Å². The van der Waals surface area contributed by atoms with Gasteiger partial charge < -0.3 is 20.3 Å². The van der Waals surface area contributed by atoms with Crippen molar-refractivity contribution in [2.45, 2.75) is 32.5 Å².